The summed E-state index contributed by atoms with van der Waals surface area (Å²) in [6, 6.07) is 12.0. The fraction of sp³-hybridized carbons (Fsp3) is 0.158. The summed E-state index contributed by atoms with van der Waals surface area (Å²) in [5.41, 5.74) is 3.30. The lowest BCUT2D eigenvalue weighted by atomic mass is 10.2. The highest BCUT2D eigenvalue weighted by Crippen LogP contribution is 2.09. The zero-order valence-corrected chi connectivity index (χ0v) is 13.4. The van der Waals surface area contributed by atoms with E-state index in [2.05, 4.69) is 10.3 Å². The quantitative estimate of drug-likeness (QED) is 0.783. The van der Waals surface area contributed by atoms with Crippen molar-refractivity contribution < 1.29 is 9.18 Å². The molecule has 24 heavy (non-hydrogen) atoms. The highest BCUT2D eigenvalue weighted by molar-refractivity contribution is 5.93. The van der Waals surface area contributed by atoms with Crippen LogP contribution in [0.1, 0.15) is 27.2 Å². The van der Waals surface area contributed by atoms with Crippen LogP contribution in [0.5, 0.6) is 0 Å². The fourth-order valence-corrected chi connectivity index (χ4v) is 2.43. The molecule has 0 radical (unpaired) electrons. The van der Waals surface area contributed by atoms with Gasteiger partial charge in [-0.15, -0.1) is 0 Å². The van der Waals surface area contributed by atoms with Gasteiger partial charge in [0.25, 0.3) is 5.91 Å². The Morgan fingerprint density at radius 2 is 2.08 bits per heavy atom. The van der Waals surface area contributed by atoms with Gasteiger partial charge in [0, 0.05) is 37.4 Å². The van der Waals surface area contributed by atoms with Gasteiger partial charge in [0.15, 0.2) is 0 Å². The van der Waals surface area contributed by atoms with Crippen molar-refractivity contribution in [3.63, 3.8) is 0 Å². The highest BCUT2D eigenvalue weighted by Gasteiger charge is 2.06. The molecule has 0 bridgehead atoms. The number of hydrogen-bond acceptors (Lipinski definition) is 2. The van der Waals surface area contributed by atoms with Crippen molar-refractivity contribution >= 4 is 5.91 Å². The second-order valence-electron chi connectivity index (χ2n) is 5.69. The molecule has 0 aliphatic heterocycles. The standard InChI is InChI=1S/C19H18FN3O/c1-14-5-6-17(11-21-14)19(24)22-10-16-7-8-23(13-16)12-15-3-2-4-18(20)9-15/h2-9,11,13H,10,12H2,1H3,(H,22,24). The number of carbonyl (C=O) groups excluding carboxylic acids is 1. The van der Waals surface area contributed by atoms with Crippen LogP contribution in [0.25, 0.3) is 0 Å². The largest absolute Gasteiger partial charge is 0.350 e. The molecule has 1 aromatic carbocycles. The first kappa shape index (κ1) is 15.9. The van der Waals surface area contributed by atoms with Crippen molar-refractivity contribution in [1.29, 1.82) is 0 Å². The number of hydrogen-bond donors (Lipinski definition) is 1. The minimum atomic E-state index is -0.237. The summed E-state index contributed by atoms with van der Waals surface area (Å²) in [5.74, 6) is -0.390. The summed E-state index contributed by atoms with van der Waals surface area (Å²) in [5, 5.41) is 2.87. The third-order valence-corrected chi connectivity index (χ3v) is 3.69. The lowest BCUT2D eigenvalue weighted by Crippen LogP contribution is -2.22. The number of aryl methyl sites for hydroxylation is 1. The Labute approximate surface area is 140 Å². The molecule has 0 spiro atoms. The summed E-state index contributed by atoms with van der Waals surface area (Å²) in [4.78, 5) is 16.2. The molecule has 3 rings (SSSR count). The average molecular weight is 323 g/mol. The van der Waals surface area contributed by atoms with Crippen LogP contribution >= 0.6 is 0 Å². The van der Waals surface area contributed by atoms with Crippen LogP contribution in [0, 0.1) is 12.7 Å². The monoisotopic (exact) mass is 323 g/mol. The first-order valence-corrected chi connectivity index (χ1v) is 7.70. The normalized spacial score (nSPS) is 10.6. The van der Waals surface area contributed by atoms with Crippen LogP contribution in [0.4, 0.5) is 4.39 Å². The van der Waals surface area contributed by atoms with E-state index in [4.69, 9.17) is 0 Å². The summed E-state index contributed by atoms with van der Waals surface area (Å²) < 4.78 is 15.2. The van der Waals surface area contributed by atoms with Gasteiger partial charge in [-0.3, -0.25) is 9.78 Å². The van der Waals surface area contributed by atoms with E-state index in [0.717, 1.165) is 16.8 Å². The molecule has 1 amide bonds. The van der Waals surface area contributed by atoms with Crippen LogP contribution < -0.4 is 5.32 Å². The molecular weight excluding hydrogens is 305 g/mol. The zero-order valence-electron chi connectivity index (χ0n) is 13.4. The van der Waals surface area contributed by atoms with E-state index in [1.165, 1.54) is 12.1 Å². The molecule has 122 valence electrons. The number of halogens is 1. The van der Waals surface area contributed by atoms with Crippen molar-refractivity contribution in [3.8, 4) is 0 Å². The number of nitrogens with zero attached hydrogens (tertiary/aromatic N) is 2. The average Bonchev–Trinajstić information content (AvgIpc) is 3.01. The van der Waals surface area contributed by atoms with Gasteiger partial charge in [-0.05, 0) is 48.4 Å². The van der Waals surface area contributed by atoms with Gasteiger partial charge in [0.05, 0.1) is 5.56 Å². The molecule has 3 aromatic rings. The molecule has 0 unspecified atom stereocenters. The van der Waals surface area contributed by atoms with Crippen molar-refractivity contribution in [2.75, 3.05) is 0 Å². The lowest BCUT2D eigenvalue weighted by Gasteiger charge is -2.05. The first-order valence-electron chi connectivity index (χ1n) is 7.70. The van der Waals surface area contributed by atoms with E-state index >= 15 is 0 Å². The van der Waals surface area contributed by atoms with Crippen LogP contribution in [0.2, 0.25) is 0 Å². The molecule has 0 aliphatic carbocycles. The van der Waals surface area contributed by atoms with Crippen molar-refractivity contribution in [2.45, 2.75) is 20.0 Å². The SMILES string of the molecule is Cc1ccc(C(=O)NCc2ccn(Cc3cccc(F)c3)c2)cn1. The molecule has 0 atom stereocenters. The van der Waals surface area contributed by atoms with Crippen LogP contribution in [-0.4, -0.2) is 15.5 Å². The van der Waals surface area contributed by atoms with Gasteiger partial charge in [-0.25, -0.2) is 4.39 Å². The van der Waals surface area contributed by atoms with E-state index in [0.29, 0.717) is 18.7 Å². The molecule has 0 saturated carbocycles. The van der Waals surface area contributed by atoms with Gasteiger partial charge < -0.3 is 9.88 Å². The van der Waals surface area contributed by atoms with Crippen LogP contribution in [0.3, 0.4) is 0 Å². The number of nitrogens with one attached hydrogen (secondary N) is 1. The van der Waals surface area contributed by atoms with E-state index in [1.54, 1.807) is 18.3 Å². The number of benzene rings is 1. The van der Waals surface area contributed by atoms with Gasteiger partial charge in [-0.2, -0.15) is 0 Å². The molecule has 0 aliphatic rings. The summed E-state index contributed by atoms with van der Waals surface area (Å²) in [7, 11) is 0. The predicted molar refractivity (Wildman–Crippen MR) is 90.1 cm³/mol. The Morgan fingerprint density at radius 1 is 1.21 bits per heavy atom. The van der Waals surface area contributed by atoms with E-state index in [9.17, 15) is 9.18 Å². The second-order valence-corrected chi connectivity index (χ2v) is 5.69. The number of rotatable bonds is 5. The third-order valence-electron chi connectivity index (χ3n) is 3.69. The van der Waals surface area contributed by atoms with Gasteiger partial charge in [-0.1, -0.05) is 12.1 Å². The molecule has 2 aromatic heterocycles. The summed E-state index contributed by atoms with van der Waals surface area (Å²) in [6.45, 7) is 2.90. The smallest absolute Gasteiger partial charge is 0.253 e. The van der Waals surface area contributed by atoms with E-state index in [-0.39, 0.29) is 11.7 Å². The number of amides is 1. The Kier molecular flexibility index (Phi) is 4.70. The number of carbonyl (C=O) groups is 1. The van der Waals surface area contributed by atoms with Crippen LogP contribution in [0.15, 0.2) is 61.1 Å². The Morgan fingerprint density at radius 3 is 2.83 bits per heavy atom. The first-order chi connectivity index (χ1) is 11.6. The van der Waals surface area contributed by atoms with Gasteiger partial charge in [0.2, 0.25) is 0 Å². The lowest BCUT2D eigenvalue weighted by molar-refractivity contribution is 0.0950. The van der Waals surface area contributed by atoms with Crippen molar-refractivity contribution in [1.82, 2.24) is 14.9 Å². The predicted octanol–water partition coefficient (Wildman–Crippen LogP) is 3.31. The van der Waals surface area contributed by atoms with Gasteiger partial charge >= 0.3 is 0 Å². The highest BCUT2D eigenvalue weighted by atomic mass is 19.1. The second kappa shape index (κ2) is 7.08. The summed E-state index contributed by atoms with van der Waals surface area (Å²) >= 11 is 0. The van der Waals surface area contributed by atoms with Crippen LogP contribution in [-0.2, 0) is 13.1 Å². The molecule has 0 saturated heterocycles. The Balaban J connectivity index is 1.58. The minimum absolute atomic E-state index is 0.152. The molecule has 5 heteroatoms. The van der Waals surface area contributed by atoms with Gasteiger partial charge in [0.1, 0.15) is 5.82 Å². The third kappa shape index (κ3) is 4.07. The topological polar surface area (TPSA) is 46.9 Å². The molecule has 2 heterocycles. The maximum absolute atomic E-state index is 13.2. The molecule has 1 N–H and O–H groups in total. The molecule has 4 nitrogen and oxygen atoms in total. The maximum Gasteiger partial charge on any atom is 0.253 e. The van der Waals surface area contributed by atoms with Crippen molar-refractivity contribution in [3.05, 3.63) is 89.3 Å². The maximum atomic E-state index is 13.2. The zero-order chi connectivity index (χ0) is 16.9. The van der Waals surface area contributed by atoms with E-state index in [1.807, 2.05) is 42.1 Å². The number of pyridine rings is 1. The Hall–Kier alpha value is -2.95. The van der Waals surface area contributed by atoms with Crippen molar-refractivity contribution in [2.24, 2.45) is 0 Å². The van der Waals surface area contributed by atoms with E-state index < -0.39 is 0 Å². The molecule has 0 fully saturated rings. The minimum Gasteiger partial charge on any atom is -0.350 e. The Bertz CT molecular complexity index is 840. The summed E-state index contributed by atoms with van der Waals surface area (Å²) in [6.07, 6.45) is 5.43. The number of aromatic nitrogens is 2. The fourth-order valence-electron chi connectivity index (χ4n) is 2.43. The molecular formula is C19H18FN3O.